The molecule has 0 bridgehead atoms. The Bertz CT molecular complexity index is 555. The lowest BCUT2D eigenvalue weighted by atomic mass is 9.93. The molecular formula is C14H17N3O. The number of nitrogens with zero attached hydrogens (tertiary/aromatic N) is 2. The summed E-state index contributed by atoms with van der Waals surface area (Å²) in [6, 6.07) is 9.83. The van der Waals surface area contributed by atoms with Crippen LogP contribution in [0.4, 0.5) is 0 Å². The zero-order valence-corrected chi connectivity index (χ0v) is 10.7. The minimum absolute atomic E-state index is 0.106. The summed E-state index contributed by atoms with van der Waals surface area (Å²) in [5.41, 5.74) is 6.68. The average Bonchev–Trinajstić information content (AvgIpc) is 2.94. The lowest BCUT2D eigenvalue weighted by Gasteiger charge is -2.20. The van der Waals surface area contributed by atoms with E-state index in [9.17, 15) is 0 Å². The molecule has 1 heterocycles. The van der Waals surface area contributed by atoms with Crippen LogP contribution in [0.25, 0.3) is 0 Å². The van der Waals surface area contributed by atoms with Gasteiger partial charge in [0.05, 0.1) is 0 Å². The van der Waals surface area contributed by atoms with E-state index in [1.807, 2.05) is 37.3 Å². The topological polar surface area (TPSA) is 64.9 Å². The predicted octanol–water partition coefficient (Wildman–Crippen LogP) is 2.34. The van der Waals surface area contributed by atoms with Crippen LogP contribution in [-0.2, 0) is 11.0 Å². The smallest absolute Gasteiger partial charge is 0.251 e. The molecule has 94 valence electrons. The Labute approximate surface area is 106 Å². The van der Waals surface area contributed by atoms with E-state index in [0.29, 0.717) is 5.89 Å². The maximum Gasteiger partial charge on any atom is 0.251 e. The quantitative estimate of drug-likeness (QED) is 0.898. The summed E-state index contributed by atoms with van der Waals surface area (Å²) in [5, 5.41) is 4.08. The van der Waals surface area contributed by atoms with Crippen LogP contribution in [0.15, 0.2) is 34.9 Å². The molecule has 1 fully saturated rings. The molecular weight excluding hydrogens is 226 g/mol. The molecule has 4 nitrogen and oxygen atoms in total. The van der Waals surface area contributed by atoms with Crippen LogP contribution < -0.4 is 5.73 Å². The fraction of sp³-hybridized carbons (Fsp3) is 0.429. The molecule has 1 unspecified atom stereocenters. The van der Waals surface area contributed by atoms with Gasteiger partial charge in [0.2, 0.25) is 0 Å². The molecule has 0 spiro atoms. The molecule has 2 N–H and O–H groups in total. The first-order chi connectivity index (χ1) is 8.52. The second kappa shape index (κ2) is 3.65. The first-order valence-electron chi connectivity index (χ1n) is 6.21. The van der Waals surface area contributed by atoms with Crippen LogP contribution >= 0.6 is 0 Å². The van der Waals surface area contributed by atoms with Crippen molar-refractivity contribution in [3.8, 4) is 0 Å². The van der Waals surface area contributed by atoms with Gasteiger partial charge in [-0.2, -0.15) is 4.98 Å². The van der Waals surface area contributed by atoms with Gasteiger partial charge in [-0.05, 0) is 25.3 Å². The highest BCUT2D eigenvalue weighted by Crippen LogP contribution is 2.46. The minimum atomic E-state index is -0.738. The van der Waals surface area contributed by atoms with Crippen molar-refractivity contribution in [2.75, 3.05) is 0 Å². The summed E-state index contributed by atoms with van der Waals surface area (Å²) in [4.78, 5) is 4.49. The summed E-state index contributed by atoms with van der Waals surface area (Å²) < 4.78 is 5.36. The van der Waals surface area contributed by atoms with E-state index in [4.69, 9.17) is 10.3 Å². The van der Waals surface area contributed by atoms with Crippen molar-refractivity contribution < 1.29 is 4.52 Å². The largest absolute Gasteiger partial charge is 0.337 e. The van der Waals surface area contributed by atoms with Gasteiger partial charge in [-0.15, -0.1) is 0 Å². The van der Waals surface area contributed by atoms with Gasteiger partial charge < -0.3 is 10.3 Å². The Kier molecular flexibility index (Phi) is 2.32. The van der Waals surface area contributed by atoms with Crippen molar-refractivity contribution in [1.29, 1.82) is 0 Å². The highest BCUT2D eigenvalue weighted by Gasteiger charge is 2.44. The van der Waals surface area contributed by atoms with E-state index in [1.54, 1.807) is 0 Å². The highest BCUT2D eigenvalue weighted by molar-refractivity contribution is 5.29. The summed E-state index contributed by atoms with van der Waals surface area (Å²) in [7, 11) is 0. The van der Waals surface area contributed by atoms with Gasteiger partial charge in [0.1, 0.15) is 5.54 Å². The molecule has 1 aliphatic carbocycles. The normalized spacial score (nSPS) is 20.4. The van der Waals surface area contributed by atoms with Gasteiger partial charge in [0, 0.05) is 5.41 Å². The van der Waals surface area contributed by atoms with Crippen LogP contribution in [0.5, 0.6) is 0 Å². The summed E-state index contributed by atoms with van der Waals surface area (Å²) in [6.07, 6.45) is 2.25. The SMILES string of the molecule is CC1(c2noc(C(C)(N)c3ccccc3)n2)CC1. The monoisotopic (exact) mass is 243 g/mol. The Morgan fingerprint density at radius 2 is 1.94 bits per heavy atom. The molecule has 1 aromatic carbocycles. The number of nitrogens with two attached hydrogens (primary N) is 1. The first-order valence-corrected chi connectivity index (χ1v) is 6.21. The maximum atomic E-state index is 6.34. The van der Waals surface area contributed by atoms with Gasteiger partial charge >= 0.3 is 0 Å². The van der Waals surface area contributed by atoms with Crippen molar-refractivity contribution in [3.05, 3.63) is 47.6 Å². The average molecular weight is 243 g/mol. The van der Waals surface area contributed by atoms with Crippen molar-refractivity contribution in [1.82, 2.24) is 10.1 Å². The maximum absolute atomic E-state index is 6.34. The molecule has 0 radical (unpaired) electrons. The van der Waals surface area contributed by atoms with E-state index in [2.05, 4.69) is 17.1 Å². The van der Waals surface area contributed by atoms with E-state index in [0.717, 1.165) is 24.2 Å². The molecule has 0 saturated heterocycles. The van der Waals surface area contributed by atoms with E-state index >= 15 is 0 Å². The number of rotatable bonds is 3. The Hall–Kier alpha value is -1.68. The van der Waals surface area contributed by atoms with Gasteiger partial charge in [0.25, 0.3) is 5.89 Å². The number of benzene rings is 1. The molecule has 1 atom stereocenters. The van der Waals surface area contributed by atoms with Crippen LogP contribution in [0.2, 0.25) is 0 Å². The number of hydrogen-bond acceptors (Lipinski definition) is 4. The van der Waals surface area contributed by atoms with Crippen LogP contribution in [0.1, 0.15) is 44.0 Å². The minimum Gasteiger partial charge on any atom is -0.337 e. The van der Waals surface area contributed by atoms with Crippen molar-refractivity contribution in [2.45, 2.75) is 37.6 Å². The molecule has 1 saturated carbocycles. The number of hydrogen-bond donors (Lipinski definition) is 1. The van der Waals surface area contributed by atoms with Gasteiger partial charge in [-0.3, -0.25) is 0 Å². The second-order valence-corrected chi connectivity index (χ2v) is 5.55. The van der Waals surface area contributed by atoms with Crippen molar-refractivity contribution in [3.63, 3.8) is 0 Å². The molecule has 18 heavy (non-hydrogen) atoms. The van der Waals surface area contributed by atoms with Gasteiger partial charge in [-0.1, -0.05) is 42.4 Å². The van der Waals surface area contributed by atoms with Crippen molar-refractivity contribution >= 4 is 0 Å². The third-order valence-electron chi connectivity index (χ3n) is 3.78. The Morgan fingerprint density at radius 3 is 2.56 bits per heavy atom. The zero-order chi connectivity index (χ0) is 12.8. The van der Waals surface area contributed by atoms with Crippen LogP contribution in [0, 0.1) is 0 Å². The van der Waals surface area contributed by atoms with Crippen molar-refractivity contribution in [2.24, 2.45) is 5.73 Å². The molecule has 1 aliphatic rings. The van der Waals surface area contributed by atoms with E-state index < -0.39 is 5.54 Å². The summed E-state index contributed by atoms with van der Waals surface area (Å²) >= 11 is 0. The molecule has 3 rings (SSSR count). The van der Waals surface area contributed by atoms with Crippen LogP contribution in [-0.4, -0.2) is 10.1 Å². The Balaban J connectivity index is 1.96. The van der Waals surface area contributed by atoms with Crippen LogP contribution in [0.3, 0.4) is 0 Å². The van der Waals surface area contributed by atoms with Gasteiger partial charge in [-0.25, -0.2) is 0 Å². The molecule has 4 heteroatoms. The fourth-order valence-electron chi connectivity index (χ4n) is 2.00. The van der Waals surface area contributed by atoms with E-state index in [1.165, 1.54) is 0 Å². The standard InChI is InChI=1S/C14H17N3O/c1-13(8-9-13)11-16-12(18-17-11)14(2,15)10-6-4-3-5-7-10/h3-7H,8-9,15H2,1-2H3. The number of aromatic nitrogens is 2. The molecule has 2 aromatic rings. The summed E-state index contributed by atoms with van der Waals surface area (Å²) in [5.74, 6) is 1.27. The first kappa shape index (κ1) is 11.4. The molecule has 1 aromatic heterocycles. The molecule has 0 amide bonds. The third-order valence-corrected chi connectivity index (χ3v) is 3.78. The highest BCUT2D eigenvalue weighted by atomic mass is 16.5. The Morgan fingerprint density at radius 1 is 1.28 bits per heavy atom. The predicted molar refractivity (Wildman–Crippen MR) is 68.0 cm³/mol. The lowest BCUT2D eigenvalue weighted by molar-refractivity contribution is 0.321. The second-order valence-electron chi connectivity index (χ2n) is 5.55. The van der Waals surface area contributed by atoms with Gasteiger partial charge in [0.15, 0.2) is 5.82 Å². The molecule has 0 aliphatic heterocycles. The fourth-order valence-corrected chi connectivity index (χ4v) is 2.00. The zero-order valence-electron chi connectivity index (χ0n) is 10.7. The van der Waals surface area contributed by atoms with E-state index in [-0.39, 0.29) is 5.41 Å². The summed E-state index contributed by atoms with van der Waals surface area (Å²) in [6.45, 7) is 4.05. The third kappa shape index (κ3) is 1.73. The lowest BCUT2D eigenvalue weighted by Crippen LogP contribution is -2.34.